The largest absolute Gasteiger partial charge is 0.507 e. The van der Waals surface area contributed by atoms with Gasteiger partial charge in [-0.3, -0.25) is 4.79 Å². The number of likely N-dealkylation sites (tertiary alicyclic amines) is 1. The summed E-state index contributed by atoms with van der Waals surface area (Å²) in [5.74, 6) is 4.13. The van der Waals surface area contributed by atoms with Crippen LogP contribution >= 0.6 is 0 Å². The van der Waals surface area contributed by atoms with Crippen LogP contribution in [0.2, 0.25) is 0 Å². The molecule has 2 aromatic heterocycles. The number of hydrogen-bond donors (Lipinski definition) is 2. The van der Waals surface area contributed by atoms with Gasteiger partial charge in [-0.05, 0) is 125 Å². The van der Waals surface area contributed by atoms with Gasteiger partial charge in [-0.1, -0.05) is 12.1 Å². The molecule has 10 heteroatoms. The van der Waals surface area contributed by atoms with Crippen LogP contribution in [0.15, 0.2) is 42.7 Å². The fourth-order valence-corrected chi connectivity index (χ4v) is 10.1. The van der Waals surface area contributed by atoms with Crippen LogP contribution in [0.3, 0.4) is 0 Å². The van der Waals surface area contributed by atoms with Crippen LogP contribution in [0.25, 0.3) is 11.3 Å². The van der Waals surface area contributed by atoms with Crippen molar-refractivity contribution in [1.82, 2.24) is 25.1 Å². The van der Waals surface area contributed by atoms with E-state index in [1.54, 1.807) is 6.07 Å². The van der Waals surface area contributed by atoms with E-state index in [9.17, 15) is 9.90 Å². The maximum Gasteiger partial charge on any atom is 0.308 e. The molecule has 4 heterocycles. The van der Waals surface area contributed by atoms with E-state index in [1.807, 2.05) is 24.3 Å². The number of ether oxygens (including phenoxy) is 1. The molecule has 5 aliphatic rings. The fourth-order valence-electron chi connectivity index (χ4n) is 10.1. The number of fused-ring (bicyclic) bond motifs is 1. The van der Waals surface area contributed by atoms with E-state index in [0.29, 0.717) is 46.8 Å². The topological polar surface area (TPSA) is 131 Å². The standard InChI is InChI=1S/C37H47N7O3/c1-47-35(46)25-6-8-28(9-7-25)43-13-10-24(11-14-43)27-20-39-36(40-21-27)37-18-23-16-30(37)26(19-37)12-15-44(22-23)32-17-31(41-42-34(32)38)29-4-2-3-5-33(29)45/h2-5,17,20-21,23-26,28,30,45H,6-16,18-19,22H2,1H3,(H2,38,42). The third-order valence-electron chi connectivity index (χ3n) is 12.6. The van der Waals surface area contributed by atoms with Crippen LogP contribution in [0.5, 0.6) is 5.75 Å². The van der Waals surface area contributed by atoms with Gasteiger partial charge in [0.25, 0.3) is 0 Å². The normalized spacial score (nSPS) is 31.1. The summed E-state index contributed by atoms with van der Waals surface area (Å²) in [6.07, 6.45) is 15.3. The van der Waals surface area contributed by atoms with Crippen molar-refractivity contribution < 1.29 is 14.6 Å². The molecule has 3 N–H and O–H groups in total. The first-order chi connectivity index (χ1) is 22.9. The highest BCUT2D eigenvalue weighted by atomic mass is 16.5. The predicted octanol–water partition coefficient (Wildman–Crippen LogP) is 5.33. The summed E-state index contributed by atoms with van der Waals surface area (Å²) >= 11 is 0. The quantitative estimate of drug-likeness (QED) is 0.342. The molecule has 1 aromatic carbocycles. The number of carbonyl (C=O) groups is 1. The molecule has 0 radical (unpaired) electrons. The van der Waals surface area contributed by atoms with E-state index in [2.05, 4.69) is 32.4 Å². The summed E-state index contributed by atoms with van der Waals surface area (Å²) in [6, 6.07) is 9.83. The van der Waals surface area contributed by atoms with Crippen molar-refractivity contribution in [3.05, 3.63) is 54.1 Å². The molecule has 4 atom stereocenters. The number of methoxy groups -OCH3 is 1. The molecule has 3 aromatic rings. The van der Waals surface area contributed by atoms with Crippen molar-refractivity contribution in [3.8, 4) is 17.0 Å². The van der Waals surface area contributed by atoms with Crippen LogP contribution in [0.1, 0.15) is 81.5 Å². The van der Waals surface area contributed by atoms with E-state index in [1.165, 1.54) is 25.5 Å². The molecule has 2 bridgehead atoms. The molecule has 2 aliphatic heterocycles. The summed E-state index contributed by atoms with van der Waals surface area (Å²) in [5.41, 5.74) is 10.0. The second-order valence-corrected chi connectivity index (χ2v) is 15.0. The first kappa shape index (κ1) is 30.5. The average Bonchev–Trinajstić information content (AvgIpc) is 3.45. The number of benzene rings is 1. The minimum atomic E-state index is -0.0374. The lowest BCUT2D eigenvalue weighted by Crippen LogP contribution is -2.49. The second kappa shape index (κ2) is 12.3. The Balaban J connectivity index is 0.910. The Morgan fingerprint density at radius 2 is 1.74 bits per heavy atom. The van der Waals surface area contributed by atoms with Crippen LogP contribution in [0.4, 0.5) is 11.5 Å². The number of esters is 1. The Morgan fingerprint density at radius 1 is 0.979 bits per heavy atom. The highest BCUT2D eigenvalue weighted by Crippen LogP contribution is 2.64. The van der Waals surface area contributed by atoms with Gasteiger partial charge in [0.1, 0.15) is 11.6 Å². The van der Waals surface area contributed by atoms with Crippen molar-refractivity contribution in [1.29, 1.82) is 0 Å². The van der Waals surface area contributed by atoms with E-state index in [4.69, 9.17) is 20.4 Å². The highest BCUT2D eigenvalue weighted by Gasteiger charge is 2.61. The van der Waals surface area contributed by atoms with Crippen molar-refractivity contribution in [2.75, 3.05) is 43.9 Å². The molecule has 5 fully saturated rings. The maximum atomic E-state index is 11.9. The van der Waals surface area contributed by atoms with Crippen LogP contribution in [-0.2, 0) is 14.9 Å². The number of nitrogens with zero attached hydrogens (tertiary/aromatic N) is 6. The predicted molar refractivity (Wildman–Crippen MR) is 180 cm³/mol. The molecular formula is C37H47N7O3. The molecule has 3 aliphatic carbocycles. The number of phenolic OH excluding ortho intramolecular Hbond substituents is 1. The van der Waals surface area contributed by atoms with Crippen LogP contribution in [-0.4, -0.2) is 75.5 Å². The molecule has 0 amide bonds. The second-order valence-electron chi connectivity index (χ2n) is 15.0. The summed E-state index contributed by atoms with van der Waals surface area (Å²) in [5, 5.41) is 19.0. The summed E-state index contributed by atoms with van der Waals surface area (Å²) in [6.45, 7) is 4.09. The van der Waals surface area contributed by atoms with Gasteiger partial charge in [-0.15, -0.1) is 10.2 Å². The van der Waals surface area contributed by atoms with Gasteiger partial charge >= 0.3 is 5.97 Å². The Kier molecular flexibility index (Phi) is 8.02. The number of hydrogen-bond acceptors (Lipinski definition) is 10. The smallest absolute Gasteiger partial charge is 0.308 e. The number of nitrogen functional groups attached to an aromatic ring is 1. The summed E-state index contributed by atoms with van der Waals surface area (Å²) in [4.78, 5) is 27.2. The van der Waals surface area contributed by atoms with Gasteiger partial charge in [0.05, 0.1) is 24.4 Å². The monoisotopic (exact) mass is 637 g/mol. The van der Waals surface area contributed by atoms with E-state index < -0.39 is 0 Å². The molecule has 4 unspecified atom stereocenters. The Bertz CT molecular complexity index is 1600. The first-order valence-corrected chi connectivity index (χ1v) is 17.7. The van der Waals surface area contributed by atoms with Crippen molar-refractivity contribution in [2.45, 2.75) is 81.6 Å². The Labute approximate surface area is 277 Å². The SMILES string of the molecule is COC(=O)C1CCC(N2CCC(c3cnc(C45CC6CC4C(CCN(c4cc(-c7ccccc7O)nnc4N)C6)C5)nc3)CC2)CC1. The van der Waals surface area contributed by atoms with Gasteiger partial charge in [-0.25, -0.2) is 9.97 Å². The molecule has 0 spiro atoms. The minimum Gasteiger partial charge on any atom is -0.507 e. The molecule has 2 saturated heterocycles. The van der Waals surface area contributed by atoms with Gasteiger partial charge < -0.3 is 25.4 Å². The Hall–Kier alpha value is -3.79. The molecule has 10 nitrogen and oxygen atoms in total. The first-order valence-electron chi connectivity index (χ1n) is 17.7. The molecule has 47 heavy (non-hydrogen) atoms. The van der Waals surface area contributed by atoms with Gasteiger partial charge in [0.2, 0.25) is 0 Å². The number of anilines is 2. The number of phenols is 1. The Morgan fingerprint density at radius 3 is 2.49 bits per heavy atom. The zero-order valence-corrected chi connectivity index (χ0v) is 27.4. The fraction of sp³-hybridized carbons (Fsp3) is 0.595. The van der Waals surface area contributed by atoms with Crippen molar-refractivity contribution >= 4 is 17.5 Å². The molecule has 248 valence electrons. The maximum absolute atomic E-state index is 11.9. The van der Waals surface area contributed by atoms with E-state index in [0.717, 1.165) is 89.1 Å². The van der Waals surface area contributed by atoms with Crippen LogP contribution < -0.4 is 10.6 Å². The summed E-state index contributed by atoms with van der Waals surface area (Å²) in [7, 11) is 1.50. The highest BCUT2D eigenvalue weighted by molar-refractivity contribution is 5.74. The zero-order chi connectivity index (χ0) is 32.1. The number of nitrogens with two attached hydrogens (primary N) is 1. The van der Waals surface area contributed by atoms with Gasteiger partial charge in [0, 0.05) is 42.5 Å². The minimum absolute atomic E-state index is 0.0374. The third-order valence-corrected chi connectivity index (χ3v) is 12.6. The van der Waals surface area contributed by atoms with E-state index in [-0.39, 0.29) is 23.1 Å². The van der Waals surface area contributed by atoms with Gasteiger partial charge in [0.15, 0.2) is 5.82 Å². The molecular weight excluding hydrogens is 590 g/mol. The zero-order valence-electron chi connectivity index (χ0n) is 27.4. The number of piperidine rings is 1. The summed E-state index contributed by atoms with van der Waals surface area (Å²) < 4.78 is 4.98. The average molecular weight is 638 g/mol. The molecule has 3 saturated carbocycles. The number of aromatic nitrogens is 4. The number of para-hydroxylation sites is 1. The van der Waals surface area contributed by atoms with Crippen molar-refractivity contribution in [2.24, 2.45) is 23.7 Å². The lowest BCUT2D eigenvalue weighted by molar-refractivity contribution is -0.147. The van der Waals surface area contributed by atoms with Crippen LogP contribution in [0, 0.1) is 23.7 Å². The van der Waals surface area contributed by atoms with E-state index >= 15 is 0 Å². The lowest BCUT2D eigenvalue weighted by Gasteiger charge is -2.51. The third kappa shape index (κ3) is 5.52. The van der Waals surface area contributed by atoms with Gasteiger partial charge in [-0.2, -0.15) is 0 Å². The van der Waals surface area contributed by atoms with Crippen molar-refractivity contribution in [3.63, 3.8) is 0 Å². The number of aromatic hydroxyl groups is 1. The molecule has 8 rings (SSSR count). The number of carbonyl (C=O) groups excluding carboxylic acids is 1. The number of rotatable bonds is 6. The lowest BCUT2D eigenvalue weighted by atomic mass is 9.54.